The molecule has 4 nitrogen and oxygen atoms in total. The molecule has 1 rings (SSSR count). The van der Waals surface area contributed by atoms with E-state index in [1.807, 2.05) is 6.92 Å². The molecule has 0 unspecified atom stereocenters. The molecule has 100 valence electrons. The van der Waals surface area contributed by atoms with Gasteiger partial charge >= 0.3 is 0 Å². The van der Waals surface area contributed by atoms with Gasteiger partial charge in [0.25, 0.3) is 0 Å². The number of nitrogens with zero attached hydrogens (tertiary/aromatic N) is 1. The molecule has 1 aromatic rings. The molecule has 0 bridgehead atoms. The van der Waals surface area contributed by atoms with Crippen molar-refractivity contribution in [3.63, 3.8) is 0 Å². The summed E-state index contributed by atoms with van der Waals surface area (Å²) in [5.74, 6) is 0.726. The van der Waals surface area contributed by atoms with Crippen LogP contribution in [0.2, 0.25) is 0 Å². The predicted molar refractivity (Wildman–Crippen MR) is 71.7 cm³/mol. The van der Waals surface area contributed by atoms with Gasteiger partial charge in [0.2, 0.25) is 0 Å². The Balaban J connectivity index is 2.78. The number of benzene rings is 1. The molecular weight excluding hydrogens is 230 g/mol. The second-order valence-electron chi connectivity index (χ2n) is 4.18. The van der Waals surface area contributed by atoms with Crippen molar-refractivity contribution in [1.82, 2.24) is 0 Å². The van der Waals surface area contributed by atoms with Crippen molar-refractivity contribution in [2.75, 3.05) is 6.61 Å². The lowest BCUT2D eigenvalue weighted by Gasteiger charge is -2.09. The fourth-order valence-corrected chi connectivity index (χ4v) is 1.65. The number of unbranched alkanes of at least 4 members (excludes halogenated alkanes) is 1. The van der Waals surface area contributed by atoms with Gasteiger partial charge in [-0.05, 0) is 25.0 Å². The molecule has 0 saturated heterocycles. The zero-order valence-electron chi connectivity index (χ0n) is 11.0. The van der Waals surface area contributed by atoms with Crippen molar-refractivity contribution in [2.45, 2.75) is 39.5 Å². The first kappa shape index (κ1) is 14.4. The molecule has 4 heteroatoms. The molecule has 0 aliphatic heterocycles. The summed E-state index contributed by atoms with van der Waals surface area (Å²) in [6, 6.07) is 5.07. The van der Waals surface area contributed by atoms with Crippen LogP contribution >= 0.6 is 0 Å². The van der Waals surface area contributed by atoms with Gasteiger partial charge in [0, 0.05) is 11.6 Å². The fourth-order valence-electron chi connectivity index (χ4n) is 1.65. The van der Waals surface area contributed by atoms with E-state index in [1.54, 1.807) is 18.2 Å². The maximum absolute atomic E-state index is 9.90. The van der Waals surface area contributed by atoms with E-state index in [2.05, 4.69) is 12.1 Å². The summed E-state index contributed by atoms with van der Waals surface area (Å²) < 4.78 is 5.49. The van der Waals surface area contributed by atoms with E-state index in [0.717, 1.165) is 19.3 Å². The third kappa shape index (κ3) is 3.95. The van der Waals surface area contributed by atoms with Crippen LogP contribution < -0.4 is 4.74 Å². The topological polar surface area (TPSA) is 62.0 Å². The van der Waals surface area contributed by atoms with Crippen LogP contribution in [0.15, 0.2) is 23.4 Å². The van der Waals surface area contributed by atoms with Crippen molar-refractivity contribution in [1.29, 1.82) is 0 Å². The lowest BCUT2D eigenvalue weighted by atomic mass is 10.0. The third-order valence-corrected chi connectivity index (χ3v) is 2.65. The number of phenols is 1. The van der Waals surface area contributed by atoms with Crippen LogP contribution in [0.3, 0.4) is 0 Å². The molecule has 1 aromatic carbocycles. The Labute approximate surface area is 108 Å². The maximum atomic E-state index is 9.90. The van der Waals surface area contributed by atoms with Crippen LogP contribution in [0.25, 0.3) is 0 Å². The molecule has 0 heterocycles. The van der Waals surface area contributed by atoms with Crippen molar-refractivity contribution in [3.05, 3.63) is 23.8 Å². The van der Waals surface area contributed by atoms with E-state index in [9.17, 15) is 5.11 Å². The highest BCUT2D eigenvalue weighted by molar-refractivity contribution is 6.02. The monoisotopic (exact) mass is 251 g/mol. The zero-order valence-corrected chi connectivity index (χ0v) is 11.0. The highest BCUT2D eigenvalue weighted by Gasteiger charge is 2.10. The van der Waals surface area contributed by atoms with Gasteiger partial charge in [-0.2, -0.15) is 0 Å². The summed E-state index contributed by atoms with van der Waals surface area (Å²) in [6.07, 6.45) is 3.54. The van der Waals surface area contributed by atoms with Gasteiger partial charge in [0.05, 0.1) is 12.3 Å². The zero-order chi connectivity index (χ0) is 13.4. The van der Waals surface area contributed by atoms with E-state index in [4.69, 9.17) is 9.94 Å². The summed E-state index contributed by atoms with van der Waals surface area (Å²) in [7, 11) is 0. The Bertz CT molecular complexity index is 402. The number of rotatable bonds is 7. The number of ether oxygens (including phenoxy) is 1. The van der Waals surface area contributed by atoms with Gasteiger partial charge in [0.15, 0.2) is 0 Å². The van der Waals surface area contributed by atoms with Crippen LogP contribution in [-0.2, 0) is 0 Å². The lowest BCUT2D eigenvalue weighted by Crippen LogP contribution is -2.02. The quantitative estimate of drug-likeness (QED) is 0.337. The van der Waals surface area contributed by atoms with E-state index in [0.29, 0.717) is 30.1 Å². The SMILES string of the molecule is CCCCOc1ccc(C(CCC)=NO)c(O)c1. The van der Waals surface area contributed by atoms with Gasteiger partial charge in [-0.3, -0.25) is 0 Å². The molecule has 0 amide bonds. The lowest BCUT2D eigenvalue weighted by molar-refractivity contribution is 0.307. The molecule has 0 aliphatic carbocycles. The van der Waals surface area contributed by atoms with Crippen molar-refractivity contribution in [3.8, 4) is 11.5 Å². The Morgan fingerprint density at radius 2 is 2.06 bits per heavy atom. The first-order valence-electron chi connectivity index (χ1n) is 6.40. The van der Waals surface area contributed by atoms with Crippen LogP contribution in [0, 0.1) is 0 Å². The fraction of sp³-hybridized carbons (Fsp3) is 0.500. The van der Waals surface area contributed by atoms with Crippen molar-refractivity contribution < 1.29 is 15.1 Å². The Morgan fingerprint density at radius 1 is 1.28 bits per heavy atom. The van der Waals surface area contributed by atoms with Crippen LogP contribution in [0.4, 0.5) is 0 Å². The van der Waals surface area contributed by atoms with Crippen LogP contribution in [0.1, 0.15) is 45.1 Å². The first-order valence-corrected chi connectivity index (χ1v) is 6.40. The summed E-state index contributed by atoms with van der Waals surface area (Å²) in [5, 5.41) is 22.1. The van der Waals surface area contributed by atoms with E-state index < -0.39 is 0 Å². The van der Waals surface area contributed by atoms with Gasteiger partial charge in [-0.25, -0.2) is 0 Å². The van der Waals surface area contributed by atoms with Gasteiger partial charge in [0.1, 0.15) is 11.5 Å². The molecule has 0 aliphatic rings. The van der Waals surface area contributed by atoms with Crippen LogP contribution in [-0.4, -0.2) is 22.6 Å². The second-order valence-corrected chi connectivity index (χ2v) is 4.18. The molecular formula is C14H21NO3. The van der Waals surface area contributed by atoms with E-state index in [1.165, 1.54) is 0 Å². The highest BCUT2D eigenvalue weighted by atomic mass is 16.5. The normalized spacial score (nSPS) is 11.6. The minimum Gasteiger partial charge on any atom is -0.507 e. The largest absolute Gasteiger partial charge is 0.507 e. The Kier molecular flexibility index (Phi) is 6.05. The summed E-state index contributed by atoms with van der Waals surface area (Å²) in [5.41, 5.74) is 1.05. The molecule has 2 N–H and O–H groups in total. The molecule has 0 fully saturated rings. The van der Waals surface area contributed by atoms with Gasteiger partial charge in [-0.1, -0.05) is 31.8 Å². The standard InChI is InChI=1S/C14H21NO3/c1-3-5-9-18-11-7-8-12(14(16)10-11)13(15-17)6-4-2/h7-8,10,16-17H,3-6,9H2,1-2H3. The molecule has 0 atom stereocenters. The van der Waals surface area contributed by atoms with E-state index >= 15 is 0 Å². The summed E-state index contributed by atoms with van der Waals surface area (Å²) in [6.45, 7) is 4.73. The highest BCUT2D eigenvalue weighted by Crippen LogP contribution is 2.25. The number of hydrogen-bond donors (Lipinski definition) is 2. The molecule has 0 saturated carbocycles. The van der Waals surface area contributed by atoms with Gasteiger partial charge < -0.3 is 15.1 Å². The predicted octanol–water partition coefficient (Wildman–Crippen LogP) is 3.55. The second kappa shape index (κ2) is 7.58. The molecule has 0 aromatic heterocycles. The number of aromatic hydroxyl groups is 1. The first-order chi connectivity index (χ1) is 8.72. The van der Waals surface area contributed by atoms with Crippen molar-refractivity contribution >= 4 is 5.71 Å². The molecule has 0 spiro atoms. The smallest absolute Gasteiger partial charge is 0.128 e. The Hall–Kier alpha value is -1.71. The molecule has 0 radical (unpaired) electrons. The van der Waals surface area contributed by atoms with Crippen molar-refractivity contribution in [2.24, 2.45) is 5.16 Å². The summed E-state index contributed by atoms with van der Waals surface area (Å²) in [4.78, 5) is 0. The average molecular weight is 251 g/mol. The van der Waals surface area contributed by atoms with Gasteiger partial charge in [-0.15, -0.1) is 0 Å². The molecule has 18 heavy (non-hydrogen) atoms. The minimum absolute atomic E-state index is 0.0882. The summed E-state index contributed by atoms with van der Waals surface area (Å²) >= 11 is 0. The number of phenolic OH excluding ortho intramolecular Hbond substituents is 1. The minimum atomic E-state index is 0.0882. The van der Waals surface area contributed by atoms with E-state index in [-0.39, 0.29) is 5.75 Å². The maximum Gasteiger partial charge on any atom is 0.128 e. The average Bonchev–Trinajstić information content (AvgIpc) is 2.37. The number of oxime groups is 1. The Morgan fingerprint density at radius 3 is 2.61 bits per heavy atom. The number of hydrogen-bond acceptors (Lipinski definition) is 4. The van der Waals surface area contributed by atoms with Crippen LogP contribution in [0.5, 0.6) is 11.5 Å². The third-order valence-electron chi connectivity index (χ3n) is 2.65.